The van der Waals surface area contributed by atoms with Crippen LogP contribution in [0.1, 0.15) is 4.11 Å². The molecular formula is C7H7BrN2O2. The molecule has 0 spiro atoms. The minimum Gasteiger partial charge on any atom is -0.383 e. The van der Waals surface area contributed by atoms with Gasteiger partial charge in [-0.2, -0.15) is 0 Å². The van der Waals surface area contributed by atoms with Gasteiger partial charge in [-0.15, -0.1) is 0 Å². The number of rotatable bonds is 2. The standard InChI is InChI=1S/C7H7BrN2O2/c1-9-6-4-5(8)2-3-7(6)10(11)12/h2-4,9H,1H3/i1D3. The lowest BCUT2D eigenvalue weighted by atomic mass is 10.3. The molecule has 4 nitrogen and oxygen atoms in total. The zero-order valence-corrected chi connectivity index (χ0v) is 7.46. The van der Waals surface area contributed by atoms with Gasteiger partial charge in [0.05, 0.1) is 4.92 Å². The predicted octanol–water partition coefficient (Wildman–Crippen LogP) is 2.40. The van der Waals surface area contributed by atoms with Crippen LogP contribution in [0.5, 0.6) is 0 Å². The second-order valence-electron chi connectivity index (χ2n) is 2.04. The molecule has 0 amide bonds. The summed E-state index contributed by atoms with van der Waals surface area (Å²) in [7, 11) is 0. The number of nitrogens with zero attached hydrogens (tertiary/aromatic N) is 1. The number of halogens is 1. The second-order valence-corrected chi connectivity index (χ2v) is 2.96. The average Bonchev–Trinajstić information content (AvgIpc) is 1.99. The third-order valence-electron chi connectivity index (χ3n) is 1.29. The maximum Gasteiger partial charge on any atom is 0.292 e. The van der Waals surface area contributed by atoms with Crippen molar-refractivity contribution in [2.75, 3.05) is 12.3 Å². The first-order valence-corrected chi connectivity index (χ1v) is 3.81. The van der Waals surface area contributed by atoms with Gasteiger partial charge in [-0.1, -0.05) is 15.9 Å². The molecular weight excluding hydrogens is 224 g/mol. The highest BCUT2D eigenvalue weighted by Crippen LogP contribution is 2.26. The summed E-state index contributed by atoms with van der Waals surface area (Å²) in [5, 5.41) is 12.7. The maximum atomic E-state index is 10.6. The van der Waals surface area contributed by atoms with Crippen molar-refractivity contribution in [2.45, 2.75) is 0 Å². The van der Waals surface area contributed by atoms with Gasteiger partial charge in [-0.3, -0.25) is 10.1 Å². The van der Waals surface area contributed by atoms with E-state index in [0.29, 0.717) is 4.47 Å². The fraction of sp³-hybridized carbons (Fsp3) is 0.143. The first kappa shape index (κ1) is 5.53. The lowest BCUT2D eigenvalue weighted by Crippen LogP contribution is -1.95. The highest BCUT2D eigenvalue weighted by molar-refractivity contribution is 9.10. The highest BCUT2D eigenvalue weighted by Gasteiger charge is 2.11. The number of nitro groups is 1. The fourth-order valence-electron chi connectivity index (χ4n) is 0.768. The van der Waals surface area contributed by atoms with Gasteiger partial charge < -0.3 is 5.32 Å². The molecule has 12 heavy (non-hydrogen) atoms. The smallest absolute Gasteiger partial charge is 0.292 e. The van der Waals surface area contributed by atoms with Crippen molar-refractivity contribution in [1.29, 1.82) is 0 Å². The van der Waals surface area contributed by atoms with Crippen molar-refractivity contribution in [2.24, 2.45) is 0 Å². The minimum atomic E-state index is -2.45. The maximum absolute atomic E-state index is 10.6. The summed E-state index contributed by atoms with van der Waals surface area (Å²) in [5.41, 5.74) is -0.302. The van der Waals surface area contributed by atoms with Gasteiger partial charge in [0.15, 0.2) is 0 Å². The van der Waals surface area contributed by atoms with Crippen LogP contribution < -0.4 is 5.32 Å². The van der Waals surface area contributed by atoms with Crippen LogP contribution in [0.2, 0.25) is 0 Å². The first-order valence-electron chi connectivity index (χ1n) is 4.52. The van der Waals surface area contributed by atoms with E-state index in [1.54, 1.807) is 0 Å². The Morgan fingerprint density at radius 1 is 1.75 bits per heavy atom. The zero-order chi connectivity index (χ0) is 11.6. The monoisotopic (exact) mass is 233 g/mol. The van der Waals surface area contributed by atoms with Crippen molar-refractivity contribution in [3.63, 3.8) is 0 Å². The van der Waals surface area contributed by atoms with Crippen molar-refractivity contribution < 1.29 is 9.04 Å². The number of hydrogen-bond acceptors (Lipinski definition) is 3. The Balaban J connectivity index is 3.13. The third kappa shape index (κ3) is 1.73. The molecule has 0 unspecified atom stereocenters. The second kappa shape index (κ2) is 3.53. The molecule has 1 rings (SSSR count). The third-order valence-corrected chi connectivity index (χ3v) is 1.78. The van der Waals surface area contributed by atoms with Gasteiger partial charge in [-0.25, -0.2) is 0 Å². The summed E-state index contributed by atoms with van der Waals surface area (Å²) in [4.78, 5) is 9.95. The Morgan fingerprint density at radius 2 is 2.50 bits per heavy atom. The summed E-state index contributed by atoms with van der Waals surface area (Å²) in [6, 6.07) is 4.06. The number of nitrogens with one attached hydrogen (secondary N) is 1. The van der Waals surface area contributed by atoms with E-state index in [1.165, 1.54) is 18.2 Å². The zero-order valence-electron chi connectivity index (χ0n) is 8.87. The molecule has 0 aliphatic heterocycles. The highest BCUT2D eigenvalue weighted by atomic mass is 79.9. The lowest BCUT2D eigenvalue weighted by Gasteiger charge is -2.01. The van der Waals surface area contributed by atoms with Crippen LogP contribution in [0.15, 0.2) is 22.7 Å². The molecule has 0 heterocycles. The van der Waals surface area contributed by atoms with Crippen LogP contribution in [-0.4, -0.2) is 11.9 Å². The summed E-state index contributed by atoms with van der Waals surface area (Å²) in [6.45, 7) is -2.45. The van der Waals surface area contributed by atoms with Crippen LogP contribution in [0.25, 0.3) is 0 Å². The molecule has 0 fully saturated rings. The first-order chi connectivity index (χ1) is 6.79. The van der Waals surface area contributed by atoms with E-state index >= 15 is 0 Å². The number of benzene rings is 1. The normalized spacial score (nSPS) is 14.2. The van der Waals surface area contributed by atoms with Crippen LogP contribution in [0.4, 0.5) is 11.4 Å². The Hall–Kier alpha value is -1.10. The summed E-state index contributed by atoms with van der Waals surface area (Å²) < 4.78 is 21.5. The molecule has 1 aromatic rings. The molecule has 0 bridgehead atoms. The van der Waals surface area contributed by atoms with Gasteiger partial charge >= 0.3 is 0 Å². The molecule has 0 aliphatic rings. The number of nitro benzene ring substituents is 1. The molecule has 1 N–H and O–H groups in total. The van der Waals surface area contributed by atoms with Crippen molar-refractivity contribution in [1.82, 2.24) is 0 Å². The van der Waals surface area contributed by atoms with E-state index in [9.17, 15) is 10.1 Å². The summed E-state index contributed by atoms with van der Waals surface area (Å²) >= 11 is 3.11. The van der Waals surface area contributed by atoms with E-state index in [2.05, 4.69) is 21.2 Å². The topological polar surface area (TPSA) is 55.2 Å². The van der Waals surface area contributed by atoms with E-state index in [4.69, 9.17) is 4.11 Å². The number of hydrogen-bond donors (Lipinski definition) is 1. The molecule has 0 aliphatic carbocycles. The Kier molecular flexibility index (Phi) is 1.63. The van der Waals surface area contributed by atoms with E-state index in [-0.39, 0.29) is 11.4 Å². The number of anilines is 1. The van der Waals surface area contributed by atoms with Crippen LogP contribution in [0, 0.1) is 10.1 Å². The van der Waals surface area contributed by atoms with Gasteiger partial charge in [-0.05, 0) is 12.1 Å². The van der Waals surface area contributed by atoms with Crippen LogP contribution in [0.3, 0.4) is 0 Å². The molecule has 64 valence electrons. The molecule has 0 radical (unpaired) electrons. The van der Waals surface area contributed by atoms with Crippen molar-refractivity contribution >= 4 is 27.3 Å². The SMILES string of the molecule is [2H]C([2H])([2H])Nc1cc(Br)ccc1[N+](=O)[O-]. The Labute approximate surface area is 82.1 Å². The van der Waals surface area contributed by atoms with E-state index in [1.807, 2.05) is 0 Å². The molecule has 0 saturated carbocycles. The van der Waals surface area contributed by atoms with Crippen molar-refractivity contribution in [3.8, 4) is 0 Å². The van der Waals surface area contributed by atoms with Crippen LogP contribution in [-0.2, 0) is 0 Å². The largest absolute Gasteiger partial charge is 0.383 e. The molecule has 1 aromatic carbocycles. The average molecular weight is 234 g/mol. The van der Waals surface area contributed by atoms with E-state index < -0.39 is 11.9 Å². The van der Waals surface area contributed by atoms with Gasteiger partial charge in [0, 0.05) is 21.6 Å². The summed E-state index contributed by atoms with van der Waals surface area (Å²) in [6.07, 6.45) is 0. The molecule has 0 atom stereocenters. The Bertz CT molecular complexity index is 394. The van der Waals surface area contributed by atoms with Gasteiger partial charge in [0.25, 0.3) is 5.69 Å². The summed E-state index contributed by atoms with van der Waals surface area (Å²) in [5.74, 6) is 0. The lowest BCUT2D eigenvalue weighted by molar-refractivity contribution is -0.383. The predicted molar refractivity (Wildman–Crippen MR) is 50.3 cm³/mol. The minimum absolute atomic E-state index is 0.0330. The van der Waals surface area contributed by atoms with Crippen LogP contribution >= 0.6 is 15.9 Å². The van der Waals surface area contributed by atoms with Gasteiger partial charge in [0.1, 0.15) is 5.69 Å². The molecule has 0 aromatic heterocycles. The Morgan fingerprint density at radius 3 is 3.08 bits per heavy atom. The van der Waals surface area contributed by atoms with Crippen molar-refractivity contribution in [3.05, 3.63) is 32.8 Å². The van der Waals surface area contributed by atoms with E-state index in [0.717, 1.165) is 0 Å². The van der Waals surface area contributed by atoms with Gasteiger partial charge in [0.2, 0.25) is 0 Å². The fourth-order valence-corrected chi connectivity index (χ4v) is 1.13. The quantitative estimate of drug-likeness (QED) is 0.631. The molecule has 0 saturated heterocycles. The molecule has 5 heteroatoms.